The number of aromatic nitrogens is 1. The van der Waals surface area contributed by atoms with Crippen LogP contribution < -0.4 is 10.6 Å². The van der Waals surface area contributed by atoms with E-state index in [-0.39, 0.29) is 35.4 Å². The van der Waals surface area contributed by atoms with Gasteiger partial charge in [-0.3, -0.25) is 9.78 Å². The van der Waals surface area contributed by atoms with Crippen molar-refractivity contribution in [2.45, 2.75) is 16.9 Å². The third-order valence-corrected chi connectivity index (χ3v) is 5.35. The molecule has 1 aromatic heterocycles. The van der Waals surface area contributed by atoms with Crippen LogP contribution in [0, 0.1) is 0 Å². The fourth-order valence-corrected chi connectivity index (χ4v) is 3.91. The van der Waals surface area contributed by atoms with Gasteiger partial charge in [-0.05, 0) is 59.8 Å². The number of rotatable bonds is 4. The lowest BCUT2D eigenvalue weighted by atomic mass is 10.1. The fraction of sp³-hybridized carbons (Fsp3) is 0.150. The molecule has 2 heterocycles. The van der Waals surface area contributed by atoms with Crippen molar-refractivity contribution in [3.63, 3.8) is 0 Å². The van der Waals surface area contributed by atoms with Crippen LogP contribution in [-0.4, -0.2) is 33.9 Å². The summed E-state index contributed by atoms with van der Waals surface area (Å²) in [6, 6.07) is 11.6. The SMILES string of the molecule is Nc1cccc2nccc(CN3CC(=O)N(c4ccc(SC(F)(F)F)cc4)C3=O)c12. The molecule has 0 atom stereocenters. The summed E-state index contributed by atoms with van der Waals surface area (Å²) < 4.78 is 37.5. The molecule has 3 aromatic rings. The number of imide groups is 1. The number of nitrogens with zero attached hydrogens (tertiary/aromatic N) is 3. The Hall–Kier alpha value is -3.27. The van der Waals surface area contributed by atoms with Crippen LogP contribution in [0.15, 0.2) is 59.6 Å². The van der Waals surface area contributed by atoms with Gasteiger partial charge in [0, 0.05) is 28.7 Å². The molecule has 0 unspecified atom stereocenters. The van der Waals surface area contributed by atoms with Gasteiger partial charge in [0.05, 0.1) is 11.2 Å². The number of alkyl halides is 3. The Morgan fingerprint density at radius 3 is 2.50 bits per heavy atom. The summed E-state index contributed by atoms with van der Waals surface area (Å²) in [6.45, 7) is 0.00472. The Bertz CT molecular complexity index is 1130. The molecule has 1 fully saturated rings. The lowest BCUT2D eigenvalue weighted by molar-refractivity contribution is -0.116. The van der Waals surface area contributed by atoms with Crippen LogP contribution >= 0.6 is 11.8 Å². The molecule has 4 rings (SSSR count). The molecule has 2 N–H and O–H groups in total. The average molecular weight is 432 g/mol. The van der Waals surface area contributed by atoms with E-state index in [0.717, 1.165) is 10.5 Å². The average Bonchev–Trinajstić information content (AvgIpc) is 2.95. The smallest absolute Gasteiger partial charge is 0.398 e. The number of carbonyl (C=O) groups is 2. The van der Waals surface area contributed by atoms with Crippen LogP contribution in [0.3, 0.4) is 0 Å². The normalized spacial score (nSPS) is 14.8. The lowest BCUT2D eigenvalue weighted by Crippen LogP contribution is -2.32. The van der Waals surface area contributed by atoms with E-state index in [2.05, 4.69) is 4.98 Å². The molecule has 1 saturated heterocycles. The number of pyridine rings is 1. The number of hydrogen-bond donors (Lipinski definition) is 1. The number of nitrogens with two attached hydrogens (primary N) is 1. The number of benzene rings is 2. The van der Waals surface area contributed by atoms with E-state index >= 15 is 0 Å². The zero-order valence-electron chi connectivity index (χ0n) is 15.4. The first kappa shape index (κ1) is 20.0. The standard InChI is InChI=1S/C20H15F3N4O2S/c21-20(22,23)30-14-6-4-13(5-7-14)27-17(28)11-26(19(27)29)10-12-8-9-25-16-3-1-2-15(24)18(12)16/h1-9H,10-11,24H2. The number of nitrogen functional groups attached to an aromatic ring is 1. The highest BCUT2D eigenvalue weighted by molar-refractivity contribution is 8.00. The second-order valence-electron chi connectivity index (χ2n) is 6.62. The summed E-state index contributed by atoms with van der Waals surface area (Å²) in [4.78, 5) is 31.9. The third kappa shape index (κ3) is 3.90. The Morgan fingerprint density at radius 2 is 1.80 bits per heavy atom. The van der Waals surface area contributed by atoms with Crippen molar-refractivity contribution in [3.8, 4) is 0 Å². The number of amides is 3. The van der Waals surface area contributed by atoms with Gasteiger partial charge in [-0.25, -0.2) is 9.69 Å². The van der Waals surface area contributed by atoms with Crippen molar-refractivity contribution < 1.29 is 22.8 Å². The van der Waals surface area contributed by atoms with E-state index in [0.29, 0.717) is 16.6 Å². The number of urea groups is 1. The van der Waals surface area contributed by atoms with Gasteiger partial charge in [0.1, 0.15) is 6.54 Å². The molecule has 2 aromatic carbocycles. The van der Waals surface area contributed by atoms with E-state index < -0.39 is 17.4 Å². The molecule has 0 bridgehead atoms. The summed E-state index contributed by atoms with van der Waals surface area (Å²) in [5.74, 6) is -0.456. The molecular weight excluding hydrogens is 417 g/mol. The van der Waals surface area contributed by atoms with Crippen LogP contribution in [0.25, 0.3) is 10.9 Å². The minimum absolute atomic E-state index is 0.0269. The molecule has 10 heteroatoms. The minimum atomic E-state index is -4.41. The highest BCUT2D eigenvalue weighted by Crippen LogP contribution is 2.37. The van der Waals surface area contributed by atoms with Gasteiger partial charge in [0.25, 0.3) is 5.91 Å². The van der Waals surface area contributed by atoms with Gasteiger partial charge in [-0.15, -0.1) is 0 Å². The summed E-state index contributed by atoms with van der Waals surface area (Å²) in [5.41, 5.74) is 3.82. The van der Waals surface area contributed by atoms with Crippen molar-refractivity contribution in [2.75, 3.05) is 17.2 Å². The number of fused-ring (bicyclic) bond motifs is 1. The van der Waals surface area contributed by atoms with E-state index in [9.17, 15) is 22.8 Å². The third-order valence-electron chi connectivity index (χ3n) is 4.61. The number of anilines is 2. The van der Waals surface area contributed by atoms with Gasteiger partial charge in [0.15, 0.2) is 0 Å². The van der Waals surface area contributed by atoms with E-state index in [1.807, 2.05) is 0 Å². The summed E-state index contributed by atoms with van der Waals surface area (Å²) in [6.07, 6.45) is 1.61. The zero-order chi connectivity index (χ0) is 21.5. The maximum absolute atomic E-state index is 12.9. The quantitative estimate of drug-likeness (QED) is 0.376. The highest BCUT2D eigenvalue weighted by Gasteiger charge is 2.37. The van der Waals surface area contributed by atoms with Crippen molar-refractivity contribution in [2.24, 2.45) is 0 Å². The first-order chi connectivity index (χ1) is 14.2. The van der Waals surface area contributed by atoms with E-state index in [4.69, 9.17) is 5.73 Å². The second-order valence-corrected chi connectivity index (χ2v) is 7.76. The van der Waals surface area contributed by atoms with Gasteiger partial charge in [-0.2, -0.15) is 13.2 Å². The molecule has 3 amide bonds. The molecule has 6 nitrogen and oxygen atoms in total. The second kappa shape index (κ2) is 7.52. The van der Waals surface area contributed by atoms with Crippen molar-refractivity contribution in [1.82, 2.24) is 9.88 Å². The first-order valence-electron chi connectivity index (χ1n) is 8.83. The first-order valence-corrected chi connectivity index (χ1v) is 9.64. The monoisotopic (exact) mass is 432 g/mol. The molecular formula is C20H15F3N4O2S. The predicted octanol–water partition coefficient (Wildman–Crippen LogP) is 4.40. The van der Waals surface area contributed by atoms with Crippen LogP contribution in [0.1, 0.15) is 5.56 Å². The van der Waals surface area contributed by atoms with Crippen LogP contribution in [0.4, 0.5) is 29.3 Å². The van der Waals surface area contributed by atoms with Gasteiger partial charge >= 0.3 is 11.5 Å². The van der Waals surface area contributed by atoms with Crippen LogP contribution in [0.5, 0.6) is 0 Å². The number of thioether (sulfide) groups is 1. The Morgan fingerprint density at radius 1 is 1.07 bits per heavy atom. The maximum atomic E-state index is 12.9. The molecule has 0 aliphatic carbocycles. The summed E-state index contributed by atoms with van der Waals surface area (Å²) in [5, 5.41) is 0.715. The lowest BCUT2D eigenvalue weighted by Gasteiger charge is -2.18. The summed E-state index contributed by atoms with van der Waals surface area (Å²) >= 11 is -0.258. The molecule has 30 heavy (non-hydrogen) atoms. The van der Waals surface area contributed by atoms with Crippen LogP contribution in [-0.2, 0) is 11.3 Å². The van der Waals surface area contributed by atoms with Gasteiger partial charge in [-0.1, -0.05) is 6.07 Å². The summed E-state index contributed by atoms with van der Waals surface area (Å²) in [7, 11) is 0. The van der Waals surface area contributed by atoms with E-state index in [1.165, 1.54) is 29.2 Å². The molecule has 0 spiro atoms. The molecule has 1 aliphatic heterocycles. The van der Waals surface area contributed by atoms with Crippen molar-refractivity contribution in [3.05, 3.63) is 60.3 Å². The molecule has 154 valence electrons. The topological polar surface area (TPSA) is 79.5 Å². The molecule has 0 radical (unpaired) electrons. The Kier molecular flexibility index (Phi) is 5.02. The van der Waals surface area contributed by atoms with Gasteiger partial charge < -0.3 is 10.6 Å². The fourth-order valence-electron chi connectivity index (χ4n) is 3.37. The number of carbonyl (C=O) groups excluding carboxylic acids is 2. The van der Waals surface area contributed by atoms with Gasteiger partial charge in [0.2, 0.25) is 0 Å². The largest absolute Gasteiger partial charge is 0.446 e. The Balaban J connectivity index is 1.57. The Labute approximate surface area is 173 Å². The van der Waals surface area contributed by atoms with E-state index in [1.54, 1.807) is 30.5 Å². The van der Waals surface area contributed by atoms with Crippen molar-refractivity contribution >= 4 is 46.0 Å². The minimum Gasteiger partial charge on any atom is -0.398 e. The predicted molar refractivity (Wildman–Crippen MR) is 108 cm³/mol. The molecule has 1 aliphatic rings. The van der Waals surface area contributed by atoms with Crippen molar-refractivity contribution in [1.29, 1.82) is 0 Å². The van der Waals surface area contributed by atoms with Crippen LogP contribution in [0.2, 0.25) is 0 Å². The molecule has 0 saturated carbocycles. The maximum Gasteiger partial charge on any atom is 0.446 e. The number of halogens is 3. The number of hydrogen-bond acceptors (Lipinski definition) is 5. The highest BCUT2D eigenvalue weighted by atomic mass is 32.2. The zero-order valence-corrected chi connectivity index (χ0v) is 16.2.